The lowest BCUT2D eigenvalue weighted by Gasteiger charge is -2.35. The normalized spacial score (nSPS) is 27.1. The average molecular weight is 370 g/mol. The van der Waals surface area contributed by atoms with Crippen LogP contribution in [-0.4, -0.2) is 61.5 Å². The maximum atomic E-state index is 12.1. The van der Waals surface area contributed by atoms with Crippen molar-refractivity contribution in [3.05, 3.63) is 24.3 Å². The topological polar surface area (TPSA) is 55.9 Å². The van der Waals surface area contributed by atoms with Gasteiger partial charge in [-0.2, -0.15) is 0 Å². The molecule has 0 saturated carbocycles. The fourth-order valence-electron chi connectivity index (χ4n) is 4.62. The van der Waals surface area contributed by atoms with Gasteiger partial charge in [-0.25, -0.2) is 0 Å². The summed E-state index contributed by atoms with van der Waals surface area (Å²) in [5.74, 6) is 0.466. The number of nitrogens with one attached hydrogen (secondary N) is 1. The van der Waals surface area contributed by atoms with Crippen LogP contribution in [0.4, 0.5) is 11.4 Å². The lowest BCUT2D eigenvalue weighted by Crippen LogP contribution is -2.48. The van der Waals surface area contributed by atoms with Gasteiger partial charge in [0.05, 0.1) is 6.04 Å². The van der Waals surface area contributed by atoms with E-state index in [2.05, 4.69) is 41.4 Å². The Bertz CT molecular complexity index is 697. The Labute approximate surface area is 161 Å². The summed E-state index contributed by atoms with van der Waals surface area (Å²) < 4.78 is 0. The number of hydrogen-bond donors (Lipinski definition) is 1. The average Bonchev–Trinajstić information content (AvgIpc) is 3.18. The van der Waals surface area contributed by atoms with Crippen LogP contribution in [0.15, 0.2) is 24.3 Å². The van der Waals surface area contributed by atoms with Crippen LogP contribution in [0.2, 0.25) is 0 Å². The van der Waals surface area contributed by atoms with Crippen LogP contribution in [0.3, 0.4) is 0 Å². The number of amides is 2. The Morgan fingerprint density at radius 2 is 1.59 bits per heavy atom. The van der Waals surface area contributed by atoms with Crippen molar-refractivity contribution in [2.75, 3.05) is 36.5 Å². The molecule has 1 N–H and O–H groups in total. The number of piperidine rings is 1. The minimum Gasteiger partial charge on any atom is -0.371 e. The minimum atomic E-state index is 0.00539. The molecule has 3 heterocycles. The Balaban J connectivity index is 1.32. The van der Waals surface area contributed by atoms with Gasteiger partial charge in [0.1, 0.15) is 0 Å². The number of likely N-dealkylation sites (tertiary alicyclic amines) is 1. The van der Waals surface area contributed by atoms with Crippen LogP contribution in [0.25, 0.3) is 0 Å². The van der Waals surface area contributed by atoms with Crippen LogP contribution in [0.1, 0.15) is 39.0 Å². The Morgan fingerprint density at radius 3 is 2.15 bits per heavy atom. The van der Waals surface area contributed by atoms with Crippen molar-refractivity contribution >= 4 is 23.2 Å². The van der Waals surface area contributed by atoms with Gasteiger partial charge in [-0.15, -0.1) is 0 Å². The first kappa shape index (κ1) is 18.3. The van der Waals surface area contributed by atoms with Crippen molar-refractivity contribution in [1.29, 1.82) is 0 Å². The molecule has 146 valence electrons. The third-order valence-electron chi connectivity index (χ3n) is 6.34. The molecule has 0 radical (unpaired) electrons. The molecule has 2 amide bonds. The van der Waals surface area contributed by atoms with Crippen molar-refractivity contribution in [3.63, 3.8) is 0 Å². The van der Waals surface area contributed by atoms with Gasteiger partial charge < -0.3 is 20.0 Å². The molecule has 3 aliphatic heterocycles. The summed E-state index contributed by atoms with van der Waals surface area (Å²) in [6.45, 7) is 4.96. The van der Waals surface area contributed by atoms with E-state index in [1.54, 1.807) is 0 Å². The van der Waals surface area contributed by atoms with E-state index in [9.17, 15) is 9.59 Å². The zero-order valence-electron chi connectivity index (χ0n) is 16.4. The molecular weight excluding hydrogens is 340 g/mol. The fourth-order valence-corrected chi connectivity index (χ4v) is 4.62. The Kier molecular flexibility index (Phi) is 5.08. The van der Waals surface area contributed by atoms with Gasteiger partial charge in [-0.3, -0.25) is 9.59 Å². The highest BCUT2D eigenvalue weighted by Gasteiger charge is 2.32. The smallest absolute Gasteiger partial charge is 0.239 e. The zero-order valence-corrected chi connectivity index (χ0v) is 16.4. The molecule has 27 heavy (non-hydrogen) atoms. The lowest BCUT2D eigenvalue weighted by atomic mass is 10.0. The summed E-state index contributed by atoms with van der Waals surface area (Å²) in [6.07, 6.45) is 4.63. The standard InChI is InChI=1S/C21H30N4O2/c1-15-3-8-20(26)25(15)18-6-4-17(5-7-18)24-13-9-16(10-14-24)22-19-11-12-23(2)21(19)27/h4-7,15-16,19,22H,3,8-14H2,1-2H3/t15-,19-/m0/s1. The molecule has 3 fully saturated rings. The predicted octanol–water partition coefficient (Wildman–Crippen LogP) is 1.99. The van der Waals surface area contributed by atoms with Crippen molar-refractivity contribution in [2.24, 2.45) is 0 Å². The highest BCUT2D eigenvalue weighted by atomic mass is 16.2. The maximum absolute atomic E-state index is 12.1. The van der Waals surface area contributed by atoms with Crippen LogP contribution in [-0.2, 0) is 9.59 Å². The summed E-state index contributed by atoms with van der Waals surface area (Å²) in [7, 11) is 1.88. The van der Waals surface area contributed by atoms with Gasteiger partial charge >= 0.3 is 0 Å². The lowest BCUT2D eigenvalue weighted by molar-refractivity contribution is -0.128. The molecule has 3 saturated heterocycles. The molecule has 0 aromatic heterocycles. The van der Waals surface area contributed by atoms with Gasteiger partial charge in [0.25, 0.3) is 0 Å². The third kappa shape index (κ3) is 3.68. The first-order chi connectivity index (χ1) is 13.0. The quantitative estimate of drug-likeness (QED) is 0.881. The van der Waals surface area contributed by atoms with Gasteiger partial charge in [0, 0.05) is 56.6 Å². The van der Waals surface area contributed by atoms with E-state index in [-0.39, 0.29) is 17.9 Å². The molecule has 2 atom stereocenters. The molecular formula is C21H30N4O2. The second-order valence-electron chi connectivity index (χ2n) is 8.20. The van der Waals surface area contributed by atoms with Crippen molar-refractivity contribution < 1.29 is 9.59 Å². The van der Waals surface area contributed by atoms with E-state index in [1.165, 1.54) is 5.69 Å². The number of hydrogen-bond acceptors (Lipinski definition) is 4. The van der Waals surface area contributed by atoms with Crippen LogP contribution in [0.5, 0.6) is 0 Å². The summed E-state index contributed by atoms with van der Waals surface area (Å²) >= 11 is 0. The molecule has 0 spiro atoms. The van der Waals surface area contributed by atoms with Crippen LogP contribution in [0, 0.1) is 0 Å². The summed E-state index contributed by atoms with van der Waals surface area (Å²) in [5, 5.41) is 3.56. The fraction of sp³-hybridized carbons (Fsp3) is 0.619. The van der Waals surface area contributed by atoms with Crippen LogP contribution < -0.4 is 15.1 Å². The number of carbonyl (C=O) groups excluding carboxylic acids is 2. The second-order valence-corrected chi connectivity index (χ2v) is 8.20. The second kappa shape index (κ2) is 7.50. The van der Waals surface area contributed by atoms with Gasteiger partial charge in [0.15, 0.2) is 0 Å². The van der Waals surface area contributed by atoms with Gasteiger partial charge in [-0.1, -0.05) is 0 Å². The molecule has 0 bridgehead atoms. The van der Waals surface area contributed by atoms with E-state index < -0.39 is 0 Å². The van der Waals surface area contributed by atoms with E-state index in [1.807, 2.05) is 16.8 Å². The summed E-state index contributed by atoms with van der Waals surface area (Å²) in [5.41, 5.74) is 2.22. The van der Waals surface area contributed by atoms with E-state index >= 15 is 0 Å². The van der Waals surface area contributed by atoms with Crippen molar-refractivity contribution in [1.82, 2.24) is 10.2 Å². The third-order valence-corrected chi connectivity index (χ3v) is 6.34. The highest BCUT2D eigenvalue weighted by Crippen LogP contribution is 2.29. The minimum absolute atomic E-state index is 0.00539. The first-order valence-electron chi connectivity index (χ1n) is 10.2. The molecule has 0 aliphatic carbocycles. The molecule has 1 aromatic rings. The SMILES string of the molecule is C[C@H]1CCC(=O)N1c1ccc(N2CCC(N[C@H]3CCN(C)C3=O)CC2)cc1. The summed E-state index contributed by atoms with van der Waals surface area (Å²) in [4.78, 5) is 30.3. The molecule has 6 nitrogen and oxygen atoms in total. The largest absolute Gasteiger partial charge is 0.371 e. The van der Waals surface area contributed by atoms with Gasteiger partial charge in [0.2, 0.25) is 11.8 Å². The number of benzene rings is 1. The molecule has 4 rings (SSSR count). The maximum Gasteiger partial charge on any atom is 0.239 e. The van der Waals surface area contributed by atoms with Crippen molar-refractivity contribution in [3.8, 4) is 0 Å². The number of likely N-dealkylation sites (N-methyl/N-ethyl adjacent to an activating group) is 1. The van der Waals surface area contributed by atoms with Crippen LogP contribution >= 0.6 is 0 Å². The van der Waals surface area contributed by atoms with E-state index in [0.29, 0.717) is 18.5 Å². The van der Waals surface area contributed by atoms with E-state index in [4.69, 9.17) is 0 Å². The number of nitrogens with zero attached hydrogens (tertiary/aromatic N) is 3. The first-order valence-corrected chi connectivity index (χ1v) is 10.2. The number of carbonyl (C=O) groups is 2. The predicted molar refractivity (Wildman–Crippen MR) is 107 cm³/mol. The number of rotatable bonds is 4. The Hall–Kier alpha value is -2.08. The zero-order chi connectivity index (χ0) is 19.0. The molecule has 0 unspecified atom stereocenters. The molecule has 1 aromatic carbocycles. The summed E-state index contributed by atoms with van der Waals surface area (Å²) in [6, 6.07) is 9.14. The molecule has 6 heteroatoms. The number of anilines is 2. The molecule has 3 aliphatic rings. The van der Waals surface area contributed by atoms with Gasteiger partial charge in [-0.05, 0) is 56.9 Å². The monoisotopic (exact) mass is 370 g/mol. The van der Waals surface area contributed by atoms with E-state index in [0.717, 1.165) is 51.0 Å². The highest BCUT2D eigenvalue weighted by molar-refractivity contribution is 5.96. The van der Waals surface area contributed by atoms with Crippen molar-refractivity contribution in [2.45, 2.75) is 57.2 Å². The Morgan fingerprint density at radius 1 is 0.926 bits per heavy atom.